The molecule has 1 atom stereocenters. The summed E-state index contributed by atoms with van der Waals surface area (Å²) >= 11 is 6.15. The average Bonchev–Trinajstić information content (AvgIpc) is 3.02. The van der Waals surface area contributed by atoms with Gasteiger partial charge in [0, 0.05) is 37.1 Å². The molecule has 1 unspecified atom stereocenters. The number of carbonyl (C=O) groups is 1. The summed E-state index contributed by atoms with van der Waals surface area (Å²) in [6.45, 7) is 4.23. The first kappa shape index (κ1) is 24.1. The van der Waals surface area contributed by atoms with Crippen LogP contribution in [0.5, 0.6) is 5.88 Å². The molecule has 1 aromatic rings. The van der Waals surface area contributed by atoms with Gasteiger partial charge in [0.15, 0.2) is 12.4 Å². The van der Waals surface area contributed by atoms with Gasteiger partial charge in [-0.25, -0.2) is 19.2 Å². The molecule has 3 rings (SSSR count). The van der Waals surface area contributed by atoms with Crippen molar-refractivity contribution in [2.75, 3.05) is 13.2 Å². The van der Waals surface area contributed by atoms with Gasteiger partial charge in [-0.05, 0) is 36.5 Å². The number of hydrazine groups is 1. The number of pyridine rings is 1. The highest BCUT2D eigenvalue weighted by Gasteiger charge is 2.29. The fourth-order valence-electron chi connectivity index (χ4n) is 3.40. The predicted molar refractivity (Wildman–Crippen MR) is 118 cm³/mol. The lowest BCUT2D eigenvalue weighted by atomic mass is 9.92. The Morgan fingerprint density at radius 3 is 2.97 bits per heavy atom. The van der Waals surface area contributed by atoms with Crippen molar-refractivity contribution in [2.45, 2.75) is 44.7 Å². The Labute approximate surface area is 190 Å². The molecule has 0 saturated heterocycles. The summed E-state index contributed by atoms with van der Waals surface area (Å²) in [5.41, 5.74) is 5.95. The molecule has 2 N–H and O–H groups in total. The number of hydrogen-bond acceptors (Lipinski definition) is 6. The van der Waals surface area contributed by atoms with E-state index in [0.717, 1.165) is 18.1 Å². The van der Waals surface area contributed by atoms with Crippen molar-refractivity contribution in [1.29, 1.82) is 0 Å². The third kappa shape index (κ3) is 6.25. The number of nitrogens with one attached hydrogen (secondary N) is 1. The first-order valence-electron chi connectivity index (χ1n) is 10.3. The second kappa shape index (κ2) is 10.4. The molecule has 6 nitrogen and oxygen atoms in total. The zero-order chi connectivity index (χ0) is 23.3. The molecule has 9 heteroatoms. The van der Waals surface area contributed by atoms with E-state index in [1.807, 2.05) is 29.4 Å². The van der Waals surface area contributed by atoms with Crippen LogP contribution in [-0.2, 0) is 11.3 Å². The lowest BCUT2D eigenvalue weighted by Gasteiger charge is -2.19. The first-order valence-corrected chi connectivity index (χ1v) is 10.7. The minimum atomic E-state index is -2.98. The number of fused-ring (bicyclic) bond motifs is 1. The Morgan fingerprint density at radius 2 is 2.28 bits per heavy atom. The molecule has 2 aliphatic rings. The topological polar surface area (TPSA) is 74.7 Å². The standard InChI is InChI=1S/C23H26ClF2N3O3/c1-15(6-5-9-30)21(31)17-7-3-4-8-20-18(17)13-29(28-20)12-16-10-19(24)22(27-11-16)32-14-23(2,25)26/h4,7-8,10-11,13,20,28,30H,1,3,5-6,9,12,14H2,2H3. The third-order valence-electron chi connectivity index (χ3n) is 4.91. The second-order valence-corrected chi connectivity index (χ2v) is 8.26. The molecule has 0 saturated carbocycles. The normalized spacial score (nSPS) is 18.0. The highest BCUT2D eigenvalue weighted by molar-refractivity contribution is 6.31. The van der Waals surface area contributed by atoms with Crippen molar-refractivity contribution < 1.29 is 23.4 Å². The number of rotatable bonds is 10. The van der Waals surface area contributed by atoms with E-state index in [-0.39, 0.29) is 29.3 Å². The average molecular weight is 466 g/mol. The SMILES string of the molecule is C=C(CCCO)C(=O)C1=CCC=CC2NN(Cc3cnc(OCC(C)(F)F)c(Cl)c3)C=C12. The largest absolute Gasteiger partial charge is 0.470 e. The number of nitrogens with zero attached hydrogens (tertiary/aromatic N) is 2. The van der Waals surface area contributed by atoms with Gasteiger partial charge in [0.2, 0.25) is 5.88 Å². The van der Waals surface area contributed by atoms with Crippen LogP contribution in [0.1, 0.15) is 31.7 Å². The van der Waals surface area contributed by atoms with Crippen LogP contribution in [-0.4, -0.2) is 46.1 Å². The van der Waals surface area contributed by atoms with Gasteiger partial charge in [0.05, 0.1) is 12.6 Å². The van der Waals surface area contributed by atoms with Crippen LogP contribution in [0.25, 0.3) is 0 Å². The summed E-state index contributed by atoms with van der Waals surface area (Å²) in [6.07, 6.45) is 10.8. The molecule has 0 spiro atoms. The fourth-order valence-corrected chi connectivity index (χ4v) is 3.64. The number of aliphatic hydroxyl groups is 1. The van der Waals surface area contributed by atoms with E-state index in [0.29, 0.717) is 37.0 Å². The fraction of sp³-hybridized carbons (Fsp3) is 0.391. The molecule has 1 aromatic heterocycles. The number of ketones is 1. The van der Waals surface area contributed by atoms with E-state index in [4.69, 9.17) is 21.4 Å². The smallest absolute Gasteiger partial charge is 0.278 e. The molecule has 0 bridgehead atoms. The Hall–Kier alpha value is -2.55. The molecule has 0 amide bonds. The zero-order valence-corrected chi connectivity index (χ0v) is 18.5. The van der Waals surface area contributed by atoms with E-state index in [1.54, 1.807) is 6.07 Å². The molecule has 0 fully saturated rings. The summed E-state index contributed by atoms with van der Waals surface area (Å²) in [4.78, 5) is 17.0. The molecule has 0 aromatic carbocycles. The molecule has 0 radical (unpaired) electrons. The summed E-state index contributed by atoms with van der Waals surface area (Å²) in [6, 6.07) is 1.44. The minimum Gasteiger partial charge on any atom is -0.470 e. The predicted octanol–water partition coefficient (Wildman–Crippen LogP) is 4.13. The van der Waals surface area contributed by atoms with Gasteiger partial charge >= 0.3 is 0 Å². The van der Waals surface area contributed by atoms with Crippen molar-refractivity contribution >= 4 is 17.4 Å². The van der Waals surface area contributed by atoms with Crippen molar-refractivity contribution in [2.24, 2.45) is 0 Å². The Kier molecular flexibility index (Phi) is 7.82. The van der Waals surface area contributed by atoms with Crippen LogP contribution in [0.15, 0.2) is 60.0 Å². The van der Waals surface area contributed by atoms with Crippen LogP contribution in [0.2, 0.25) is 5.02 Å². The van der Waals surface area contributed by atoms with Crippen molar-refractivity contribution in [3.63, 3.8) is 0 Å². The van der Waals surface area contributed by atoms with Crippen LogP contribution in [0, 0.1) is 0 Å². The Bertz CT molecular complexity index is 970. The van der Waals surface area contributed by atoms with Gasteiger partial charge in [-0.3, -0.25) is 4.79 Å². The van der Waals surface area contributed by atoms with Gasteiger partial charge in [-0.15, -0.1) is 0 Å². The van der Waals surface area contributed by atoms with Crippen molar-refractivity contribution in [3.8, 4) is 5.88 Å². The maximum atomic E-state index is 13.0. The van der Waals surface area contributed by atoms with Crippen LogP contribution in [0.4, 0.5) is 8.78 Å². The zero-order valence-electron chi connectivity index (χ0n) is 17.8. The maximum Gasteiger partial charge on any atom is 0.278 e. The van der Waals surface area contributed by atoms with Gasteiger partial charge in [-0.2, -0.15) is 0 Å². The minimum absolute atomic E-state index is 0.00878. The Morgan fingerprint density at radius 1 is 1.50 bits per heavy atom. The quantitative estimate of drug-likeness (QED) is 0.400. The lowest BCUT2D eigenvalue weighted by Crippen LogP contribution is -2.35. The maximum absolute atomic E-state index is 13.0. The highest BCUT2D eigenvalue weighted by atomic mass is 35.5. The molecule has 1 aliphatic carbocycles. The van der Waals surface area contributed by atoms with E-state index >= 15 is 0 Å². The molecule has 2 heterocycles. The van der Waals surface area contributed by atoms with Gasteiger partial charge in [0.1, 0.15) is 5.02 Å². The Balaban J connectivity index is 1.72. The van der Waals surface area contributed by atoms with Crippen molar-refractivity contribution in [1.82, 2.24) is 15.4 Å². The van der Waals surface area contributed by atoms with Crippen LogP contribution < -0.4 is 10.2 Å². The summed E-state index contributed by atoms with van der Waals surface area (Å²) < 4.78 is 31.0. The van der Waals surface area contributed by atoms with E-state index in [2.05, 4.69) is 17.0 Å². The summed E-state index contributed by atoms with van der Waals surface area (Å²) in [5, 5.41) is 11.0. The monoisotopic (exact) mass is 465 g/mol. The van der Waals surface area contributed by atoms with Crippen molar-refractivity contribution in [3.05, 3.63) is 70.6 Å². The first-order chi connectivity index (χ1) is 15.2. The van der Waals surface area contributed by atoms with E-state index in [9.17, 15) is 13.6 Å². The van der Waals surface area contributed by atoms with E-state index in [1.165, 1.54) is 6.20 Å². The number of aromatic nitrogens is 1. The number of allylic oxidation sites excluding steroid dienone is 3. The molecule has 1 aliphatic heterocycles. The second-order valence-electron chi connectivity index (χ2n) is 7.85. The van der Waals surface area contributed by atoms with E-state index < -0.39 is 12.5 Å². The highest BCUT2D eigenvalue weighted by Crippen LogP contribution is 2.30. The molecule has 32 heavy (non-hydrogen) atoms. The van der Waals surface area contributed by atoms with Crippen LogP contribution in [0.3, 0.4) is 0 Å². The number of hydrogen-bond donors (Lipinski definition) is 2. The number of carbonyl (C=O) groups excluding carboxylic acids is 1. The number of halogens is 3. The molecular weight excluding hydrogens is 440 g/mol. The van der Waals surface area contributed by atoms with Gasteiger partial charge < -0.3 is 14.9 Å². The van der Waals surface area contributed by atoms with Gasteiger partial charge in [-0.1, -0.05) is 36.4 Å². The summed E-state index contributed by atoms with van der Waals surface area (Å²) in [5.74, 6) is -3.15. The number of ether oxygens (including phenoxy) is 1. The van der Waals surface area contributed by atoms with Crippen LogP contribution >= 0.6 is 11.6 Å². The molecule has 172 valence electrons. The van der Waals surface area contributed by atoms with Gasteiger partial charge in [0.25, 0.3) is 5.92 Å². The number of Topliss-reactive ketones (excluding diaryl/α,β-unsaturated/α-hetero) is 1. The lowest BCUT2D eigenvalue weighted by molar-refractivity contribution is -0.112. The number of aliphatic hydroxyl groups excluding tert-OH is 1. The summed E-state index contributed by atoms with van der Waals surface area (Å²) in [7, 11) is 0. The number of alkyl halides is 2. The molecular formula is C23H26ClF2N3O3. The third-order valence-corrected chi connectivity index (χ3v) is 5.18.